The molecule has 21 heavy (non-hydrogen) atoms. The van der Waals surface area contributed by atoms with Crippen molar-refractivity contribution in [3.63, 3.8) is 0 Å². The molecule has 1 aliphatic rings. The number of hydrogen-bond donors (Lipinski definition) is 0. The highest BCUT2D eigenvalue weighted by atomic mass is 32.2. The van der Waals surface area contributed by atoms with Gasteiger partial charge in [-0.15, -0.1) is 11.8 Å². The van der Waals surface area contributed by atoms with E-state index in [9.17, 15) is 9.59 Å². The van der Waals surface area contributed by atoms with Gasteiger partial charge in [-0.25, -0.2) is 0 Å². The highest BCUT2D eigenvalue weighted by Crippen LogP contribution is 2.21. The van der Waals surface area contributed by atoms with Gasteiger partial charge in [-0.3, -0.25) is 4.79 Å². The number of thioether (sulfide) groups is 1. The summed E-state index contributed by atoms with van der Waals surface area (Å²) >= 11 is 1.65. The first-order chi connectivity index (χ1) is 10.2. The maximum Gasteiger partial charge on any atom is 0.224 e. The number of carbonyl (C=O) groups excluding carboxylic acids is 2. The predicted octanol–water partition coefficient (Wildman–Crippen LogP) is 3.06. The molecule has 0 saturated carbocycles. The Hall–Kier alpha value is -1.29. The van der Waals surface area contributed by atoms with Gasteiger partial charge in [-0.1, -0.05) is 37.6 Å². The molecule has 2 rings (SSSR count). The van der Waals surface area contributed by atoms with Crippen molar-refractivity contribution in [1.29, 1.82) is 0 Å². The van der Waals surface area contributed by atoms with Crippen LogP contribution in [0.15, 0.2) is 24.3 Å². The van der Waals surface area contributed by atoms with E-state index in [1.807, 2.05) is 0 Å². The average molecular weight is 305 g/mol. The largest absolute Gasteiger partial charge is 0.323 e. The molecule has 4 heteroatoms. The van der Waals surface area contributed by atoms with E-state index < -0.39 is 0 Å². The van der Waals surface area contributed by atoms with E-state index >= 15 is 0 Å². The van der Waals surface area contributed by atoms with Crippen molar-refractivity contribution in [2.45, 2.75) is 45.1 Å². The molecule has 3 nitrogen and oxygen atoms in total. The van der Waals surface area contributed by atoms with E-state index in [-0.39, 0.29) is 11.9 Å². The van der Waals surface area contributed by atoms with Crippen molar-refractivity contribution in [3.05, 3.63) is 35.4 Å². The summed E-state index contributed by atoms with van der Waals surface area (Å²) in [4.78, 5) is 24.8. The van der Waals surface area contributed by atoms with Crippen molar-refractivity contribution in [1.82, 2.24) is 4.90 Å². The smallest absolute Gasteiger partial charge is 0.224 e. The topological polar surface area (TPSA) is 37.4 Å². The lowest BCUT2D eigenvalue weighted by Gasteiger charge is -2.19. The van der Waals surface area contributed by atoms with Crippen LogP contribution in [0.25, 0.3) is 0 Å². The highest BCUT2D eigenvalue weighted by Gasteiger charge is 2.28. The van der Waals surface area contributed by atoms with Gasteiger partial charge in [-0.05, 0) is 30.4 Å². The molecule has 114 valence electrons. The number of hydrogen-bond acceptors (Lipinski definition) is 3. The molecule has 1 saturated heterocycles. The van der Waals surface area contributed by atoms with Crippen molar-refractivity contribution in [2.75, 3.05) is 11.6 Å². The minimum absolute atomic E-state index is 0.0900. The molecular formula is C17H23NO2S. The minimum Gasteiger partial charge on any atom is -0.323 e. The average Bonchev–Trinajstić information content (AvgIpc) is 3.00. The van der Waals surface area contributed by atoms with Gasteiger partial charge in [0.05, 0.1) is 11.9 Å². The molecule has 1 aromatic carbocycles. The van der Waals surface area contributed by atoms with Gasteiger partial charge >= 0.3 is 0 Å². The predicted molar refractivity (Wildman–Crippen MR) is 87.4 cm³/mol. The molecule has 1 fully saturated rings. The lowest BCUT2D eigenvalue weighted by molar-refractivity contribution is -0.134. The fraction of sp³-hybridized carbons (Fsp3) is 0.529. The number of nitrogens with zero attached hydrogens (tertiary/aromatic N) is 1. The van der Waals surface area contributed by atoms with Crippen LogP contribution in [0, 0.1) is 0 Å². The normalized spacial score (nSPS) is 18.0. The molecule has 0 spiro atoms. The quantitative estimate of drug-likeness (QED) is 0.727. The molecule has 0 bridgehead atoms. The summed E-state index contributed by atoms with van der Waals surface area (Å²) < 4.78 is 0. The third-order valence-electron chi connectivity index (χ3n) is 3.87. The summed E-state index contributed by atoms with van der Waals surface area (Å²) in [7, 11) is 0. The van der Waals surface area contributed by atoms with Crippen molar-refractivity contribution in [2.24, 2.45) is 0 Å². The highest BCUT2D eigenvalue weighted by molar-refractivity contribution is 7.99. The Bertz CT molecular complexity index is 472. The van der Waals surface area contributed by atoms with Crippen LogP contribution in [0.2, 0.25) is 0 Å². The third kappa shape index (κ3) is 4.60. The maximum atomic E-state index is 12.1. The molecule has 0 aliphatic carbocycles. The zero-order valence-corrected chi connectivity index (χ0v) is 13.4. The van der Waals surface area contributed by atoms with E-state index in [1.165, 1.54) is 24.0 Å². The summed E-state index contributed by atoms with van der Waals surface area (Å²) in [6.07, 6.45) is 5.68. The van der Waals surface area contributed by atoms with Crippen LogP contribution in [0.4, 0.5) is 0 Å². The fourth-order valence-electron chi connectivity index (χ4n) is 2.48. The zero-order chi connectivity index (χ0) is 15.1. The molecule has 1 atom stereocenters. The molecule has 0 radical (unpaired) electrons. The Labute approximate surface area is 131 Å². The Kier molecular flexibility index (Phi) is 6.30. The van der Waals surface area contributed by atoms with Crippen LogP contribution < -0.4 is 0 Å². The summed E-state index contributed by atoms with van der Waals surface area (Å²) in [5.41, 5.74) is 2.56. The molecule has 1 amide bonds. The van der Waals surface area contributed by atoms with Crippen molar-refractivity contribution < 1.29 is 9.59 Å². The van der Waals surface area contributed by atoms with E-state index in [2.05, 4.69) is 31.2 Å². The summed E-state index contributed by atoms with van der Waals surface area (Å²) in [6, 6.07) is 8.34. The standard InChI is InChI=1S/C17H23NO2S/c1-2-3-4-14-5-7-15(8-6-14)9-10-17(20)18-13-21-12-16(18)11-19/h5-8,11,16H,2-4,9-10,12-13H2,1H3/t16-/m1/s1. The van der Waals surface area contributed by atoms with Crippen molar-refractivity contribution >= 4 is 24.0 Å². The summed E-state index contributed by atoms with van der Waals surface area (Å²) in [5, 5.41) is 0. The van der Waals surface area contributed by atoms with E-state index in [1.54, 1.807) is 16.7 Å². The van der Waals surface area contributed by atoms with Crippen LogP contribution in [0.3, 0.4) is 0 Å². The van der Waals surface area contributed by atoms with Gasteiger partial charge in [-0.2, -0.15) is 0 Å². The van der Waals surface area contributed by atoms with Gasteiger partial charge in [0.1, 0.15) is 6.29 Å². The third-order valence-corrected chi connectivity index (χ3v) is 4.90. The molecule has 1 aromatic rings. The second-order valence-electron chi connectivity index (χ2n) is 5.49. The summed E-state index contributed by atoms with van der Waals surface area (Å²) in [6.45, 7) is 2.20. The van der Waals surface area contributed by atoms with Gasteiger partial charge in [0.15, 0.2) is 0 Å². The van der Waals surface area contributed by atoms with Crippen LogP contribution in [-0.4, -0.2) is 34.8 Å². The number of rotatable bonds is 7. The zero-order valence-electron chi connectivity index (χ0n) is 12.6. The van der Waals surface area contributed by atoms with Crippen LogP contribution in [-0.2, 0) is 22.4 Å². The molecule has 1 heterocycles. The van der Waals surface area contributed by atoms with Crippen LogP contribution in [0.5, 0.6) is 0 Å². The van der Waals surface area contributed by atoms with Gasteiger partial charge in [0.25, 0.3) is 0 Å². The fourth-order valence-corrected chi connectivity index (χ4v) is 3.61. The Morgan fingerprint density at radius 2 is 1.95 bits per heavy atom. The Morgan fingerprint density at radius 1 is 1.29 bits per heavy atom. The second kappa shape index (κ2) is 8.23. The Morgan fingerprint density at radius 3 is 2.57 bits per heavy atom. The SMILES string of the molecule is CCCCc1ccc(CCC(=O)N2CSC[C@H]2C=O)cc1. The van der Waals surface area contributed by atoms with Gasteiger partial charge < -0.3 is 9.69 Å². The number of aldehydes is 1. The molecule has 0 unspecified atom stereocenters. The first kappa shape index (κ1) is 16.1. The van der Waals surface area contributed by atoms with E-state index in [0.29, 0.717) is 12.3 Å². The molecule has 0 N–H and O–H groups in total. The van der Waals surface area contributed by atoms with Crippen LogP contribution >= 0.6 is 11.8 Å². The lowest BCUT2D eigenvalue weighted by Crippen LogP contribution is -2.37. The van der Waals surface area contributed by atoms with E-state index in [0.717, 1.165) is 24.9 Å². The first-order valence-electron chi connectivity index (χ1n) is 7.65. The molecular weight excluding hydrogens is 282 g/mol. The van der Waals surface area contributed by atoms with E-state index in [4.69, 9.17) is 0 Å². The number of unbranched alkanes of at least 4 members (excludes halogenated alkanes) is 1. The lowest BCUT2D eigenvalue weighted by atomic mass is 10.0. The first-order valence-corrected chi connectivity index (χ1v) is 8.80. The van der Waals surface area contributed by atoms with Gasteiger partial charge in [0.2, 0.25) is 5.91 Å². The maximum absolute atomic E-state index is 12.1. The van der Waals surface area contributed by atoms with Crippen LogP contribution in [0.1, 0.15) is 37.3 Å². The Balaban J connectivity index is 1.82. The minimum atomic E-state index is -0.223. The number of benzene rings is 1. The summed E-state index contributed by atoms with van der Waals surface area (Å²) in [5.74, 6) is 1.48. The number of amides is 1. The molecule has 0 aromatic heterocycles. The van der Waals surface area contributed by atoms with Gasteiger partial charge in [0, 0.05) is 12.2 Å². The monoisotopic (exact) mass is 305 g/mol. The second-order valence-corrected chi connectivity index (χ2v) is 6.49. The molecule has 1 aliphatic heterocycles. The van der Waals surface area contributed by atoms with Crippen molar-refractivity contribution in [3.8, 4) is 0 Å². The number of aryl methyl sites for hydroxylation is 2. The number of carbonyl (C=O) groups is 2.